The van der Waals surface area contributed by atoms with Gasteiger partial charge in [0.25, 0.3) is 10.7 Å². The van der Waals surface area contributed by atoms with Gasteiger partial charge in [-0.3, -0.25) is 4.90 Å². The summed E-state index contributed by atoms with van der Waals surface area (Å²) in [6.07, 6.45) is 2.44. The van der Waals surface area contributed by atoms with Crippen LogP contribution in [0.5, 0.6) is 5.75 Å². The van der Waals surface area contributed by atoms with Crippen LogP contribution >= 0.6 is 23.6 Å². The molecule has 0 radical (unpaired) electrons. The molecule has 0 spiro atoms. The van der Waals surface area contributed by atoms with E-state index in [1.54, 1.807) is 23.1 Å². The third-order valence-corrected chi connectivity index (χ3v) is 5.41. The molecule has 0 saturated heterocycles. The van der Waals surface area contributed by atoms with Crippen LogP contribution in [0.3, 0.4) is 0 Å². The third kappa shape index (κ3) is 3.84. The average molecular weight is 374 g/mol. The lowest BCUT2D eigenvalue weighted by Gasteiger charge is -2.21. The van der Waals surface area contributed by atoms with Crippen molar-refractivity contribution in [3.8, 4) is 16.5 Å². The second-order valence-corrected chi connectivity index (χ2v) is 7.41. The van der Waals surface area contributed by atoms with Crippen LogP contribution in [0.25, 0.3) is 10.8 Å². The second-order valence-electron chi connectivity index (χ2n) is 6.12. The first-order valence-electron chi connectivity index (χ1n) is 8.22. The number of rotatable bonds is 7. The molecule has 0 bridgehead atoms. The molecule has 2 aromatic heterocycles. The summed E-state index contributed by atoms with van der Waals surface area (Å²) in [7, 11) is 1.68. The van der Waals surface area contributed by atoms with Crippen molar-refractivity contribution in [1.82, 2.24) is 14.7 Å². The number of thiophene rings is 1. The largest absolute Gasteiger partial charge is 0.497 e. The van der Waals surface area contributed by atoms with Crippen LogP contribution in [0.1, 0.15) is 18.4 Å². The van der Waals surface area contributed by atoms with Crippen molar-refractivity contribution in [1.29, 1.82) is 0 Å². The first-order valence-corrected chi connectivity index (χ1v) is 9.50. The van der Waals surface area contributed by atoms with Gasteiger partial charge in [-0.25, -0.2) is 4.68 Å². The first kappa shape index (κ1) is 16.5. The molecule has 1 aliphatic rings. The number of ether oxygens (including phenoxy) is 1. The van der Waals surface area contributed by atoms with E-state index in [4.69, 9.17) is 21.4 Å². The number of hydrogen-bond acceptors (Lipinski definition) is 6. The number of nitrogens with zero attached hydrogens (tertiary/aromatic N) is 3. The van der Waals surface area contributed by atoms with Gasteiger partial charge in [0.05, 0.1) is 18.7 Å². The van der Waals surface area contributed by atoms with Gasteiger partial charge in [-0.2, -0.15) is 0 Å². The van der Waals surface area contributed by atoms with Gasteiger partial charge >= 0.3 is 0 Å². The van der Waals surface area contributed by atoms with Crippen molar-refractivity contribution in [2.75, 3.05) is 7.11 Å². The van der Waals surface area contributed by atoms with E-state index in [-0.39, 0.29) is 0 Å². The summed E-state index contributed by atoms with van der Waals surface area (Å²) >= 11 is 6.97. The lowest BCUT2D eigenvalue weighted by Crippen LogP contribution is -2.28. The highest BCUT2D eigenvalue weighted by molar-refractivity contribution is 7.71. The number of aromatic nitrogens is 2. The van der Waals surface area contributed by atoms with E-state index in [0.717, 1.165) is 17.2 Å². The third-order valence-electron chi connectivity index (χ3n) is 4.26. The van der Waals surface area contributed by atoms with E-state index in [1.807, 2.05) is 29.6 Å². The van der Waals surface area contributed by atoms with Crippen molar-refractivity contribution < 1.29 is 9.15 Å². The summed E-state index contributed by atoms with van der Waals surface area (Å²) < 4.78 is 12.7. The summed E-state index contributed by atoms with van der Waals surface area (Å²) in [6.45, 7) is 1.50. The van der Waals surface area contributed by atoms with Gasteiger partial charge < -0.3 is 9.15 Å². The molecule has 3 aromatic rings. The molecule has 0 unspecified atom stereocenters. The molecule has 1 aromatic carbocycles. The highest BCUT2D eigenvalue weighted by atomic mass is 32.1. The Bertz CT molecular complexity index is 880. The van der Waals surface area contributed by atoms with Crippen LogP contribution in [0, 0.1) is 4.84 Å². The van der Waals surface area contributed by atoms with Crippen LogP contribution in [0.4, 0.5) is 0 Å². The Morgan fingerprint density at radius 3 is 2.76 bits per heavy atom. The van der Waals surface area contributed by atoms with E-state index < -0.39 is 0 Å². The number of methoxy groups -OCH3 is 1. The van der Waals surface area contributed by atoms with Crippen LogP contribution in [0.2, 0.25) is 0 Å². The van der Waals surface area contributed by atoms with E-state index in [2.05, 4.69) is 22.1 Å². The molecule has 2 heterocycles. The monoisotopic (exact) mass is 373 g/mol. The summed E-state index contributed by atoms with van der Waals surface area (Å²) in [5.74, 6) is 1.47. The van der Waals surface area contributed by atoms with Gasteiger partial charge in [-0.15, -0.1) is 16.4 Å². The fourth-order valence-electron chi connectivity index (χ4n) is 2.77. The lowest BCUT2D eigenvalue weighted by atomic mass is 10.2. The topological polar surface area (TPSA) is 43.4 Å². The molecule has 25 heavy (non-hydrogen) atoms. The van der Waals surface area contributed by atoms with Gasteiger partial charge in [0.2, 0.25) is 0 Å². The molecular formula is C18H19N3O2S2. The highest BCUT2D eigenvalue weighted by Crippen LogP contribution is 2.30. The minimum absolute atomic E-state index is 0.420. The molecule has 0 N–H and O–H groups in total. The van der Waals surface area contributed by atoms with Crippen molar-refractivity contribution >= 4 is 23.6 Å². The minimum atomic E-state index is 0.420. The van der Waals surface area contributed by atoms with E-state index in [0.29, 0.717) is 23.4 Å². The molecule has 4 rings (SSSR count). The van der Waals surface area contributed by atoms with Crippen molar-refractivity contribution in [3.05, 3.63) is 52.2 Å². The van der Waals surface area contributed by atoms with Crippen LogP contribution in [0.15, 0.2) is 46.2 Å². The zero-order chi connectivity index (χ0) is 17.2. The average Bonchev–Trinajstić information content (AvgIpc) is 3.20. The molecule has 1 fully saturated rings. The molecule has 0 atom stereocenters. The SMILES string of the molecule is COc1ccc(CN(Cn2nc(-c3cccs3)oc2=S)C2CC2)cc1. The van der Waals surface area contributed by atoms with E-state index in [1.165, 1.54) is 18.4 Å². The number of hydrogen-bond donors (Lipinski definition) is 0. The van der Waals surface area contributed by atoms with Gasteiger partial charge in [0, 0.05) is 12.6 Å². The molecule has 1 saturated carbocycles. The molecule has 130 valence electrons. The molecular weight excluding hydrogens is 354 g/mol. The fourth-order valence-corrected chi connectivity index (χ4v) is 3.59. The predicted molar refractivity (Wildman–Crippen MR) is 100 cm³/mol. The maximum Gasteiger partial charge on any atom is 0.288 e. The second kappa shape index (κ2) is 7.11. The zero-order valence-electron chi connectivity index (χ0n) is 13.9. The predicted octanol–water partition coefficient (Wildman–Crippen LogP) is 4.56. The Labute approximate surface area is 155 Å². The fraction of sp³-hybridized carbons (Fsp3) is 0.333. The van der Waals surface area contributed by atoms with Gasteiger partial charge in [-0.1, -0.05) is 18.2 Å². The molecule has 5 nitrogen and oxygen atoms in total. The molecule has 7 heteroatoms. The summed E-state index contributed by atoms with van der Waals surface area (Å²) in [6, 6.07) is 12.8. The molecule has 0 amide bonds. The van der Waals surface area contributed by atoms with Crippen molar-refractivity contribution in [3.63, 3.8) is 0 Å². The van der Waals surface area contributed by atoms with Crippen LogP contribution < -0.4 is 4.74 Å². The minimum Gasteiger partial charge on any atom is -0.497 e. The summed E-state index contributed by atoms with van der Waals surface area (Å²) in [5, 5.41) is 6.57. The Morgan fingerprint density at radius 1 is 1.32 bits per heavy atom. The number of benzene rings is 1. The van der Waals surface area contributed by atoms with Gasteiger partial charge in [0.1, 0.15) is 5.75 Å². The summed E-state index contributed by atoms with van der Waals surface area (Å²) in [4.78, 5) is 3.82. The standard InChI is InChI=1S/C18H19N3O2S2/c1-22-15-8-4-13(5-9-15)11-20(14-6-7-14)12-21-18(24)23-17(19-21)16-3-2-10-25-16/h2-5,8-10,14H,6-7,11-12H2,1H3. The Hall–Kier alpha value is -1.96. The Balaban J connectivity index is 1.51. The smallest absolute Gasteiger partial charge is 0.288 e. The molecule has 0 aliphatic heterocycles. The summed E-state index contributed by atoms with van der Waals surface area (Å²) in [5.41, 5.74) is 1.25. The Kier molecular flexibility index (Phi) is 4.70. The van der Waals surface area contributed by atoms with Crippen molar-refractivity contribution in [2.24, 2.45) is 0 Å². The first-order chi connectivity index (χ1) is 12.2. The van der Waals surface area contributed by atoms with Crippen LogP contribution in [-0.4, -0.2) is 27.8 Å². The maximum absolute atomic E-state index is 5.67. The zero-order valence-corrected chi connectivity index (χ0v) is 15.6. The lowest BCUT2D eigenvalue weighted by molar-refractivity contribution is 0.184. The van der Waals surface area contributed by atoms with Crippen LogP contribution in [-0.2, 0) is 13.2 Å². The van der Waals surface area contributed by atoms with E-state index in [9.17, 15) is 0 Å². The van der Waals surface area contributed by atoms with Gasteiger partial charge in [-0.05, 0) is 54.2 Å². The highest BCUT2D eigenvalue weighted by Gasteiger charge is 2.29. The normalized spacial score (nSPS) is 14.2. The molecule has 1 aliphatic carbocycles. The van der Waals surface area contributed by atoms with Gasteiger partial charge in [0.15, 0.2) is 0 Å². The van der Waals surface area contributed by atoms with E-state index >= 15 is 0 Å². The quantitative estimate of drug-likeness (QED) is 0.568. The Morgan fingerprint density at radius 2 is 2.12 bits per heavy atom. The van der Waals surface area contributed by atoms with Crippen molar-refractivity contribution in [2.45, 2.75) is 32.1 Å². The maximum atomic E-state index is 5.67.